The Morgan fingerprint density at radius 2 is 1.06 bits per heavy atom. The molecule has 0 heterocycles. The highest BCUT2D eigenvalue weighted by Crippen LogP contribution is 2.36. The van der Waals surface area contributed by atoms with Crippen molar-refractivity contribution in [3.05, 3.63) is 140 Å². The lowest BCUT2D eigenvalue weighted by Crippen LogP contribution is -2.66. The lowest BCUT2D eigenvalue weighted by Gasteiger charge is -2.10. The van der Waals surface area contributed by atoms with E-state index in [4.69, 9.17) is 38.3 Å². The van der Waals surface area contributed by atoms with Crippen molar-refractivity contribution in [2.24, 2.45) is 0 Å². The first-order valence-electron chi connectivity index (χ1n) is 11.1. The van der Waals surface area contributed by atoms with Gasteiger partial charge in [0.25, 0.3) is 0 Å². The lowest BCUT2D eigenvalue weighted by atomic mass is 9.95. The smallest absolute Gasteiger partial charge is 0.221 e. The van der Waals surface area contributed by atoms with Crippen LogP contribution in [0.25, 0.3) is 35.6 Å². The second kappa shape index (κ2) is 9.35. The predicted octanol–water partition coefficient (Wildman–Crippen LogP) is 2.70. The Bertz CT molecular complexity index is 2050. The second-order valence-electron chi connectivity index (χ2n) is 6.42. The topological polar surface area (TPSA) is 127 Å². The lowest BCUT2D eigenvalue weighted by molar-refractivity contribution is 1.24. The normalized spacial score (nSPS) is 12.7. The Morgan fingerprint density at radius 3 is 1.42 bits per heavy atom. The molecule has 160 valence electrons. The van der Waals surface area contributed by atoms with E-state index in [-0.39, 0.29) is 0 Å². The number of nitrogens with zero attached hydrogens (tertiary/aromatic N) is 8. The fraction of sp³-hybridized carbons (Fsp3) is 0. The standard InChI is InChI=1S/C26H4N8O2/c1-30-16-7-13(10-27)6-15(12-29)19(16)23(33-4)21-22(26(36)25(21)35)24(34-5)20-17(31-2)8-14(11-28)9-18(20)32-3/h6-9H/b23-21-,24-22+/i6D,7D,8D,9D. The van der Waals surface area contributed by atoms with Gasteiger partial charge in [0.1, 0.15) is 0 Å². The van der Waals surface area contributed by atoms with Gasteiger partial charge in [0.15, 0.2) is 28.5 Å². The fourth-order valence-corrected chi connectivity index (χ4v) is 3.24. The van der Waals surface area contributed by atoms with Crippen LogP contribution in [-0.2, 0) is 0 Å². The number of nitriles is 3. The maximum Gasteiger partial charge on any atom is 0.221 e. The van der Waals surface area contributed by atoms with Gasteiger partial charge in [-0.15, -0.1) is 0 Å². The van der Waals surface area contributed by atoms with Crippen molar-refractivity contribution in [1.82, 2.24) is 0 Å². The molecule has 3 aromatic carbocycles. The van der Waals surface area contributed by atoms with Gasteiger partial charge in [0, 0.05) is 32.7 Å². The molecule has 0 spiro atoms. The highest BCUT2D eigenvalue weighted by molar-refractivity contribution is 5.91. The van der Waals surface area contributed by atoms with Crippen LogP contribution in [0.15, 0.2) is 33.8 Å². The third kappa shape index (κ3) is 3.48. The zero-order valence-corrected chi connectivity index (χ0v) is 17.4. The van der Waals surface area contributed by atoms with Gasteiger partial charge in [-0.05, 0) is 29.7 Å². The Labute approximate surface area is 208 Å². The molecular weight excluding hydrogens is 456 g/mol. The first-order chi connectivity index (χ1) is 19.1. The van der Waals surface area contributed by atoms with E-state index < -0.39 is 102 Å². The van der Waals surface area contributed by atoms with Crippen molar-refractivity contribution >= 4 is 28.5 Å². The Morgan fingerprint density at radius 1 is 0.667 bits per heavy atom. The number of benzene rings is 2. The summed E-state index contributed by atoms with van der Waals surface area (Å²) in [5, 5.41) is 26.7. The predicted molar refractivity (Wildman–Crippen MR) is 125 cm³/mol. The van der Waals surface area contributed by atoms with Crippen molar-refractivity contribution in [3.63, 3.8) is 0 Å². The molecule has 36 heavy (non-hydrogen) atoms. The summed E-state index contributed by atoms with van der Waals surface area (Å²) in [4.78, 5) is 41.2. The molecule has 0 saturated carbocycles. The van der Waals surface area contributed by atoms with Crippen molar-refractivity contribution in [2.45, 2.75) is 0 Å². The average Bonchev–Trinajstić information content (AvgIpc) is 2.95. The molecule has 0 unspecified atom stereocenters. The van der Waals surface area contributed by atoms with E-state index in [0.717, 1.165) is 0 Å². The van der Waals surface area contributed by atoms with Crippen LogP contribution in [-0.4, -0.2) is 0 Å². The number of hydrogen-bond donors (Lipinski definition) is 0. The molecule has 3 aromatic rings. The molecule has 0 saturated heterocycles. The minimum absolute atomic E-state index is 0.646. The molecule has 0 fully saturated rings. The second-order valence-corrected chi connectivity index (χ2v) is 6.42. The highest BCUT2D eigenvalue weighted by atomic mass is 16.2. The molecule has 3 rings (SSSR count). The molecule has 10 nitrogen and oxygen atoms in total. The fourth-order valence-electron chi connectivity index (χ4n) is 3.24. The van der Waals surface area contributed by atoms with E-state index in [0.29, 0.717) is 0 Å². The first kappa shape index (κ1) is 18.7. The minimum atomic E-state index is -1.36. The van der Waals surface area contributed by atoms with Crippen LogP contribution in [0.3, 0.4) is 0 Å². The summed E-state index contributed by atoms with van der Waals surface area (Å²) in [7, 11) is 0. The Balaban J connectivity index is 2.85. The van der Waals surface area contributed by atoms with E-state index in [2.05, 4.69) is 24.2 Å². The summed E-state index contributed by atoms with van der Waals surface area (Å²) >= 11 is 0. The van der Waals surface area contributed by atoms with Crippen LogP contribution in [0.2, 0.25) is 0 Å². The first-order valence-corrected chi connectivity index (χ1v) is 9.07. The van der Waals surface area contributed by atoms with Gasteiger partial charge in [0.05, 0.1) is 56.6 Å². The summed E-state index contributed by atoms with van der Waals surface area (Å²) in [6, 6.07) is 1.36. The van der Waals surface area contributed by atoms with E-state index >= 15 is 0 Å². The highest BCUT2D eigenvalue weighted by Gasteiger charge is 2.25. The van der Waals surface area contributed by atoms with Gasteiger partial charge in [-0.2, -0.15) is 15.8 Å². The molecule has 0 radical (unpaired) electrons. The number of rotatable bonds is 2. The third-order valence-electron chi connectivity index (χ3n) is 4.69. The Kier molecular flexibility index (Phi) is 4.86. The van der Waals surface area contributed by atoms with Gasteiger partial charge in [-0.25, -0.2) is 24.2 Å². The monoisotopic (exact) mass is 464 g/mol. The number of hydrogen-bond acceptors (Lipinski definition) is 5. The Hall–Kier alpha value is -6.82. The summed E-state index contributed by atoms with van der Waals surface area (Å²) < 4.78 is 32.5. The van der Waals surface area contributed by atoms with Gasteiger partial charge >= 0.3 is 0 Å². The zero-order chi connectivity index (χ0) is 30.0. The summed E-state index contributed by atoms with van der Waals surface area (Å²) in [5.41, 5.74) is -10.1. The van der Waals surface area contributed by atoms with Crippen molar-refractivity contribution in [3.8, 4) is 18.2 Å². The maximum absolute atomic E-state index is 12.8. The molecule has 0 aliphatic rings. The molecule has 0 atom stereocenters. The van der Waals surface area contributed by atoms with Gasteiger partial charge in [-0.1, -0.05) is 0 Å². The van der Waals surface area contributed by atoms with Crippen LogP contribution < -0.4 is 21.3 Å². The minimum Gasteiger partial charge on any atom is -0.286 e. The van der Waals surface area contributed by atoms with Crippen molar-refractivity contribution < 1.29 is 5.48 Å². The molecular formula is C26H4N8O2. The molecule has 10 heteroatoms. The van der Waals surface area contributed by atoms with Gasteiger partial charge < -0.3 is 0 Å². The van der Waals surface area contributed by atoms with Crippen LogP contribution >= 0.6 is 0 Å². The largest absolute Gasteiger partial charge is 0.286 e. The van der Waals surface area contributed by atoms with E-state index in [1.807, 2.05) is 0 Å². The van der Waals surface area contributed by atoms with Crippen LogP contribution in [0.4, 0.5) is 17.1 Å². The quantitative estimate of drug-likeness (QED) is 0.426. The van der Waals surface area contributed by atoms with Crippen LogP contribution in [0.5, 0.6) is 0 Å². The van der Waals surface area contributed by atoms with E-state index in [9.17, 15) is 25.4 Å². The average molecular weight is 464 g/mol. The van der Waals surface area contributed by atoms with Crippen LogP contribution in [0.1, 0.15) is 33.3 Å². The third-order valence-corrected chi connectivity index (χ3v) is 4.69. The van der Waals surface area contributed by atoms with E-state index in [1.165, 1.54) is 12.1 Å². The van der Waals surface area contributed by atoms with E-state index in [1.54, 1.807) is 6.07 Å². The summed E-state index contributed by atoms with van der Waals surface area (Å²) in [5.74, 6) is 0. The van der Waals surface area contributed by atoms with Crippen LogP contribution in [0, 0.1) is 66.9 Å². The van der Waals surface area contributed by atoms with Crippen molar-refractivity contribution in [2.75, 3.05) is 0 Å². The summed E-state index contributed by atoms with van der Waals surface area (Å²) in [6.07, 6.45) is 0. The van der Waals surface area contributed by atoms with Gasteiger partial charge in [0.2, 0.25) is 10.9 Å². The summed E-state index contributed by atoms with van der Waals surface area (Å²) in [6.45, 7) is 37.8. The SMILES string of the molecule is [2H]c1c(C#N)c([2H])c([N+]#[C-])c(/C([N+]#[C-])=c2/c(=O)c(=O)/c2=C(/[N+]#[C-])c2c([N+]#[C-])c([2H])c(C#N)c([2H])c2[N+]#[C-])c1C#N. The molecule has 0 aromatic heterocycles. The van der Waals surface area contributed by atoms with Crippen molar-refractivity contribution in [1.29, 1.82) is 15.8 Å². The molecule has 0 amide bonds. The molecule has 0 aliphatic heterocycles. The van der Waals surface area contributed by atoms with Gasteiger partial charge in [-0.3, -0.25) is 9.59 Å². The zero-order valence-electron chi connectivity index (χ0n) is 21.4. The molecule has 0 aliphatic carbocycles. The molecule has 0 bridgehead atoms. The maximum atomic E-state index is 12.8. The molecule has 0 N–H and O–H groups in total.